The summed E-state index contributed by atoms with van der Waals surface area (Å²) >= 11 is 0. The van der Waals surface area contributed by atoms with Crippen molar-refractivity contribution in [1.29, 1.82) is 0 Å². The highest BCUT2D eigenvalue weighted by Crippen LogP contribution is 2.56. The van der Waals surface area contributed by atoms with E-state index in [2.05, 4.69) is 85.6 Å². The van der Waals surface area contributed by atoms with Crippen LogP contribution in [0.1, 0.15) is 67.8 Å². The SMILES string of the molecule is CCCCC[C@@H]1[C@@H](c2ccccc2)N(C)[C@H](c2ccccc2)C[C@]1(O)c1ccccc1OC. The summed E-state index contributed by atoms with van der Waals surface area (Å²) in [6.45, 7) is 2.24. The van der Waals surface area contributed by atoms with Gasteiger partial charge in [-0.3, -0.25) is 4.90 Å². The van der Waals surface area contributed by atoms with Crippen molar-refractivity contribution < 1.29 is 9.84 Å². The van der Waals surface area contributed by atoms with Crippen molar-refractivity contribution >= 4 is 0 Å². The molecule has 0 aliphatic carbocycles. The summed E-state index contributed by atoms with van der Waals surface area (Å²) in [5.74, 6) is 0.816. The molecule has 4 atom stereocenters. The maximum atomic E-state index is 12.7. The Bertz CT molecular complexity index is 1010. The zero-order valence-corrected chi connectivity index (χ0v) is 20.2. The van der Waals surface area contributed by atoms with Crippen molar-refractivity contribution in [2.45, 2.75) is 56.7 Å². The second kappa shape index (κ2) is 10.5. The third-order valence-electron chi connectivity index (χ3n) is 7.45. The van der Waals surface area contributed by atoms with Gasteiger partial charge in [0.25, 0.3) is 0 Å². The Labute approximate surface area is 199 Å². The number of aliphatic hydroxyl groups is 1. The minimum absolute atomic E-state index is 0.0488. The topological polar surface area (TPSA) is 32.7 Å². The van der Waals surface area contributed by atoms with Crippen LogP contribution in [0.4, 0.5) is 0 Å². The molecule has 0 radical (unpaired) electrons. The molecule has 3 aromatic carbocycles. The van der Waals surface area contributed by atoms with Crippen LogP contribution in [0, 0.1) is 5.92 Å². The van der Waals surface area contributed by atoms with Crippen molar-refractivity contribution in [3.8, 4) is 5.75 Å². The molecule has 1 fully saturated rings. The van der Waals surface area contributed by atoms with Crippen LogP contribution in [-0.2, 0) is 5.60 Å². The normalized spacial score (nSPS) is 25.6. The maximum Gasteiger partial charge on any atom is 0.124 e. The fourth-order valence-corrected chi connectivity index (χ4v) is 5.80. The van der Waals surface area contributed by atoms with E-state index in [1.54, 1.807) is 7.11 Å². The highest BCUT2D eigenvalue weighted by atomic mass is 16.5. The summed E-state index contributed by atoms with van der Waals surface area (Å²) in [6, 6.07) is 29.5. The smallest absolute Gasteiger partial charge is 0.124 e. The van der Waals surface area contributed by atoms with Gasteiger partial charge in [-0.2, -0.15) is 0 Å². The van der Waals surface area contributed by atoms with E-state index in [1.807, 2.05) is 18.2 Å². The van der Waals surface area contributed by atoms with Gasteiger partial charge in [0.15, 0.2) is 0 Å². The molecule has 174 valence electrons. The fourth-order valence-electron chi connectivity index (χ4n) is 5.80. The van der Waals surface area contributed by atoms with Crippen LogP contribution < -0.4 is 4.74 Å². The first-order valence-electron chi connectivity index (χ1n) is 12.3. The second-order valence-corrected chi connectivity index (χ2v) is 9.38. The third kappa shape index (κ3) is 4.71. The van der Waals surface area contributed by atoms with Crippen molar-refractivity contribution in [3.05, 3.63) is 102 Å². The number of piperidine rings is 1. The summed E-state index contributed by atoms with van der Waals surface area (Å²) in [7, 11) is 3.93. The molecule has 0 saturated carbocycles. The number of nitrogens with zero attached hydrogens (tertiary/aromatic N) is 1. The standard InChI is InChI=1S/C30H37NO2/c1-4-5-8-20-26-29(24-17-11-7-12-18-24)31(2)27(23-15-9-6-10-16-23)22-30(26,32)25-19-13-14-21-28(25)33-3/h6-7,9-19,21,26-27,29,32H,4-5,8,20,22H2,1-3H3/t26-,27+,29-,30+/m1/s1. The average molecular weight is 444 g/mol. The van der Waals surface area contributed by atoms with E-state index >= 15 is 0 Å². The number of methoxy groups -OCH3 is 1. The monoisotopic (exact) mass is 443 g/mol. The van der Waals surface area contributed by atoms with Gasteiger partial charge in [0.2, 0.25) is 0 Å². The summed E-state index contributed by atoms with van der Waals surface area (Å²) in [6.07, 6.45) is 5.04. The number of hydrogen-bond acceptors (Lipinski definition) is 3. The Balaban J connectivity index is 1.88. The molecule has 3 heteroatoms. The van der Waals surface area contributed by atoms with Gasteiger partial charge in [-0.25, -0.2) is 0 Å². The first-order chi connectivity index (χ1) is 16.1. The number of likely N-dealkylation sites (tertiary alicyclic amines) is 1. The summed E-state index contributed by atoms with van der Waals surface area (Å²) in [5.41, 5.74) is 2.40. The third-order valence-corrected chi connectivity index (χ3v) is 7.45. The molecule has 0 amide bonds. The van der Waals surface area contributed by atoms with Gasteiger partial charge in [-0.1, -0.05) is 105 Å². The highest BCUT2D eigenvalue weighted by molar-refractivity contribution is 5.41. The van der Waals surface area contributed by atoms with E-state index < -0.39 is 5.60 Å². The van der Waals surface area contributed by atoms with Gasteiger partial charge in [0, 0.05) is 30.0 Å². The molecule has 33 heavy (non-hydrogen) atoms. The van der Waals surface area contributed by atoms with E-state index in [9.17, 15) is 5.11 Å². The molecular formula is C30H37NO2. The summed E-state index contributed by atoms with van der Waals surface area (Å²) in [5, 5.41) is 12.7. The minimum atomic E-state index is -1.01. The molecule has 0 unspecified atom stereocenters. The Hall–Kier alpha value is -2.62. The van der Waals surface area contributed by atoms with Gasteiger partial charge in [0.1, 0.15) is 5.75 Å². The minimum Gasteiger partial charge on any atom is -0.496 e. The number of benzene rings is 3. The van der Waals surface area contributed by atoms with Gasteiger partial charge < -0.3 is 9.84 Å². The summed E-state index contributed by atoms with van der Waals surface area (Å²) in [4.78, 5) is 2.49. The molecule has 0 bridgehead atoms. The Kier molecular flexibility index (Phi) is 7.52. The lowest BCUT2D eigenvalue weighted by molar-refractivity contribution is -0.131. The van der Waals surface area contributed by atoms with Crippen molar-refractivity contribution in [2.75, 3.05) is 14.2 Å². The number of hydrogen-bond donors (Lipinski definition) is 1. The molecule has 4 rings (SSSR count). The summed E-state index contributed by atoms with van der Waals surface area (Å²) < 4.78 is 5.77. The van der Waals surface area contributed by atoms with Crippen LogP contribution in [0.2, 0.25) is 0 Å². The zero-order chi connectivity index (χ0) is 23.3. The maximum absolute atomic E-state index is 12.7. The van der Waals surface area contributed by atoms with Crippen LogP contribution >= 0.6 is 0 Å². The van der Waals surface area contributed by atoms with Crippen molar-refractivity contribution in [1.82, 2.24) is 4.90 Å². The molecule has 1 aliphatic heterocycles. The van der Waals surface area contributed by atoms with E-state index in [0.29, 0.717) is 6.42 Å². The van der Waals surface area contributed by atoms with Crippen LogP contribution in [0.5, 0.6) is 5.75 Å². The molecule has 1 saturated heterocycles. The number of para-hydroxylation sites is 1. The van der Waals surface area contributed by atoms with Crippen LogP contribution in [0.15, 0.2) is 84.9 Å². The average Bonchev–Trinajstić information content (AvgIpc) is 2.87. The van der Waals surface area contributed by atoms with Gasteiger partial charge in [-0.05, 0) is 30.7 Å². The Morgan fingerprint density at radius 3 is 2.12 bits per heavy atom. The quantitative estimate of drug-likeness (QED) is 0.385. The van der Waals surface area contributed by atoms with Crippen LogP contribution in [0.25, 0.3) is 0 Å². The fraction of sp³-hybridized carbons (Fsp3) is 0.400. The lowest BCUT2D eigenvalue weighted by atomic mass is 9.65. The van der Waals surface area contributed by atoms with Crippen LogP contribution in [-0.4, -0.2) is 24.2 Å². The molecule has 0 spiro atoms. The molecule has 0 aromatic heterocycles. The second-order valence-electron chi connectivity index (χ2n) is 9.38. The molecule has 1 heterocycles. The lowest BCUT2D eigenvalue weighted by Crippen LogP contribution is -2.52. The van der Waals surface area contributed by atoms with Gasteiger partial charge in [-0.15, -0.1) is 0 Å². The first-order valence-corrected chi connectivity index (χ1v) is 12.3. The van der Waals surface area contributed by atoms with Gasteiger partial charge >= 0.3 is 0 Å². The van der Waals surface area contributed by atoms with E-state index in [1.165, 1.54) is 17.5 Å². The van der Waals surface area contributed by atoms with E-state index in [-0.39, 0.29) is 18.0 Å². The first kappa shape index (κ1) is 23.5. The molecule has 1 aliphatic rings. The molecule has 1 N–H and O–H groups in total. The Morgan fingerprint density at radius 2 is 1.48 bits per heavy atom. The van der Waals surface area contributed by atoms with E-state index in [4.69, 9.17) is 4.74 Å². The number of ether oxygens (including phenoxy) is 1. The highest BCUT2D eigenvalue weighted by Gasteiger charge is 2.52. The molecule has 3 aromatic rings. The van der Waals surface area contributed by atoms with Crippen molar-refractivity contribution in [2.24, 2.45) is 5.92 Å². The Morgan fingerprint density at radius 1 is 0.879 bits per heavy atom. The van der Waals surface area contributed by atoms with E-state index in [0.717, 1.165) is 30.6 Å². The largest absolute Gasteiger partial charge is 0.496 e. The lowest BCUT2D eigenvalue weighted by Gasteiger charge is -2.54. The molecule has 3 nitrogen and oxygen atoms in total. The molecular weight excluding hydrogens is 406 g/mol. The van der Waals surface area contributed by atoms with Crippen LogP contribution in [0.3, 0.4) is 0 Å². The zero-order valence-electron chi connectivity index (χ0n) is 20.2. The number of rotatable bonds is 8. The predicted molar refractivity (Wildman–Crippen MR) is 135 cm³/mol. The predicted octanol–water partition coefficient (Wildman–Crippen LogP) is 6.90. The van der Waals surface area contributed by atoms with Gasteiger partial charge in [0.05, 0.1) is 12.7 Å². The number of unbranched alkanes of at least 4 members (excludes halogenated alkanes) is 2. The van der Waals surface area contributed by atoms with Crippen molar-refractivity contribution in [3.63, 3.8) is 0 Å².